The van der Waals surface area contributed by atoms with Crippen molar-refractivity contribution in [1.82, 2.24) is 15.3 Å². The average Bonchev–Trinajstić information content (AvgIpc) is 2.48. The molecule has 102 valence electrons. The van der Waals surface area contributed by atoms with E-state index < -0.39 is 0 Å². The van der Waals surface area contributed by atoms with Gasteiger partial charge in [-0.1, -0.05) is 18.2 Å². The van der Waals surface area contributed by atoms with Gasteiger partial charge in [-0.15, -0.1) is 6.58 Å². The number of carbonyl (C=O) groups excluding carboxylic acids is 1. The van der Waals surface area contributed by atoms with Gasteiger partial charge in [0.2, 0.25) is 0 Å². The predicted molar refractivity (Wildman–Crippen MR) is 74.2 cm³/mol. The van der Waals surface area contributed by atoms with Crippen molar-refractivity contribution < 1.29 is 9.18 Å². The van der Waals surface area contributed by atoms with E-state index in [1.807, 2.05) is 0 Å². The summed E-state index contributed by atoms with van der Waals surface area (Å²) in [5, 5.41) is 5.37. The number of para-hydroxylation sites is 1. The molecule has 2 aromatic rings. The van der Waals surface area contributed by atoms with Crippen LogP contribution in [0.3, 0.4) is 0 Å². The smallest absolute Gasteiger partial charge is 0.271 e. The standard InChI is InChI=1S/C14H13FN4O/c1-2-7-16-14(20)12-8-18-13(9-17-12)19-11-6-4-3-5-10(11)15/h2-6,8-9H,1,7H2,(H,16,20)(H,18,19). The normalized spacial score (nSPS) is 9.85. The van der Waals surface area contributed by atoms with Gasteiger partial charge >= 0.3 is 0 Å². The number of nitrogens with one attached hydrogen (secondary N) is 2. The van der Waals surface area contributed by atoms with Crippen LogP contribution in [0.5, 0.6) is 0 Å². The van der Waals surface area contributed by atoms with Gasteiger partial charge in [0.15, 0.2) is 0 Å². The maximum atomic E-state index is 13.4. The number of carbonyl (C=O) groups is 1. The second-order valence-electron chi connectivity index (χ2n) is 3.89. The highest BCUT2D eigenvalue weighted by atomic mass is 19.1. The Morgan fingerprint density at radius 3 is 2.75 bits per heavy atom. The number of amides is 1. The van der Waals surface area contributed by atoms with Gasteiger partial charge in [0, 0.05) is 6.54 Å². The molecule has 0 atom stereocenters. The molecule has 0 bridgehead atoms. The molecule has 1 amide bonds. The maximum Gasteiger partial charge on any atom is 0.271 e. The zero-order valence-electron chi connectivity index (χ0n) is 10.6. The van der Waals surface area contributed by atoms with Gasteiger partial charge in [-0.3, -0.25) is 4.79 Å². The Bertz CT molecular complexity index is 613. The highest BCUT2D eigenvalue weighted by molar-refractivity contribution is 5.92. The molecule has 0 aliphatic rings. The Hall–Kier alpha value is -2.76. The van der Waals surface area contributed by atoms with E-state index >= 15 is 0 Å². The van der Waals surface area contributed by atoms with Crippen LogP contribution in [0.1, 0.15) is 10.5 Å². The van der Waals surface area contributed by atoms with Crippen molar-refractivity contribution >= 4 is 17.4 Å². The first-order valence-electron chi connectivity index (χ1n) is 5.93. The molecule has 1 aromatic heterocycles. The van der Waals surface area contributed by atoms with Crippen LogP contribution < -0.4 is 10.6 Å². The monoisotopic (exact) mass is 272 g/mol. The van der Waals surface area contributed by atoms with E-state index in [-0.39, 0.29) is 17.4 Å². The lowest BCUT2D eigenvalue weighted by atomic mass is 10.3. The minimum Gasteiger partial charge on any atom is -0.347 e. The summed E-state index contributed by atoms with van der Waals surface area (Å²) in [5.74, 6) is -0.368. The van der Waals surface area contributed by atoms with Crippen molar-refractivity contribution in [1.29, 1.82) is 0 Å². The molecule has 0 fully saturated rings. The zero-order chi connectivity index (χ0) is 14.4. The van der Waals surface area contributed by atoms with Gasteiger partial charge < -0.3 is 10.6 Å². The SMILES string of the molecule is C=CCNC(=O)c1cnc(Nc2ccccc2F)cn1. The highest BCUT2D eigenvalue weighted by Gasteiger charge is 2.07. The van der Waals surface area contributed by atoms with Crippen LogP contribution in [0.15, 0.2) is 49.3 Å². The Morgan fingerprint density at radius 2 is 2.10 bits per heavy atom. The lowest BCUT2D eigenvalue weighted by Crippen LogP contribution is -2.24. The van der Waals surface area contributed by atoms with Crippen LogP contribution in [-0.4, -0.2) is 22.4 Å². The third-order valence-corrected chi connectivity index (χ3v) is 2.43. The summed E-state index contributed by atoms with van der Waals surface area (Å²) in [6.45, 7) is 3.86. The lowest BCUT2D eigenvalue weighted by Gasteiger charge is -2.06. The van der Waals surface area contributed by atoms with Crippen molar-refractivity contribution in [2.24, 2.45) is 0 Å². The van der Waals surface area contributed by atoms with E-state index in [0.717, 1.165) is 0 Å². The molecule has 20 heavy (non-hydrogen) atoms. The van der Waals surface area contributed by atoms with Crippen molar-refractivity contribution in [2.75, 3.05) is 11.9 Å². The summed E-state index contributed by atoms with van der Waals surface area (Å²) in [5.41, 5.74) is 0.483. The van der Waals surface area contributed by atoms with Gasteiger partial charge in [0.25, 0.3) is 5.91 Å². The topological polar surface area (TPSA) is 66.9 Å². The third kappa shape index (κ3) is 3.38. The first-order valence-corrected chi connectivity index (χ1v) is 5.93. The number of aromatic nitrogens is 2. The summed E-state index contributed by atoms with van der Waals surface area (Å²) in [6.07, 6.45) is 4.26. The van der Waals surface area contributed by atoms with Crippen LogP contribution in [0.25, 0.3) is 0 Å². The van der Waals surface area contributed by atoms with Gasteiger partial charge in [0.05, 0.1) is 18.1 Å². The molecule has 0 radical (unpaired) electrons. The van der Waals surface area contributed by atoms with Crippen molar-refractivity contribution in [3.05, 3.63) is 60.8 Å². The number of benzene rings is 1. The van der Waals surface area contributed by atoms with Gasteiger partial charge in [-0.05, 0) is 12.1 Å². The van der Waals surface area contributed by atoms with Crippen molar-refractivity contribution in [3.63, 3.8) is 0 Å². The van der Waals surface area contributed by atoms with Gasteiger partial charge in [0.1, 0.15) is 17.3 Å². The molecule has 1 aromatic carbocycles. The lowest BCUT2D eigenvalue weighted by molar-refractivity contribution is 0.0952. The Balaban J connectivity index is 2.07. The van der Waals surface area contributed by atoms with Crippen LogP contribution in [0.4, 0.5) is 15.9 Å². The van der Waals surface area contributed by atoms with Crippen LogP contribution >= 0.6 is 0 Å². The van der Waals surface area contributed by atoms with Crippen molar-refractivity contribution in [3.8, 4) is 0 Å². The molecule has 5 nitrogen and oxygen atoms in total. The van der Waals surface area contributed by atoms with Crippen LogP contribution in [-0.2, 0) is 0 Å². The predicted octanol–water partition coefficient (Wildman–Crippen LogP) is 2.28. The largest absolute Gasteiger partial charge is 0.347 e. The zero-order valence-corrected chi connectivity index (χ0v) is 10.6. The fourth-order valence-corrected chi connectivity index (χ4v) is 1.47. The third-order valence-electron chi connectivity index (χ3n) is 2.43. The first kappa shape index (κ1) is 13.7. The summed E-state index contributed by atoms with van der Waals surface area (Å²) >= 11 is 0. The molecule has 2 rings (SSSR count). The Labute approximate surface area is 115 Å². The molecule has 0 saturated carbocycles. The summed E-state index contributed by atoms with van der Waals surface area (Å²) in [7, 11) is 0. The fraction of sp³-hybridized carbons (Fsp3) is 0.0714. The second kappa shape index (κ2) is 6.42. The highest BCUT2D eigenvalue weighted by Crippen LogP contribution is 2.17. The Kier molecular flexibility index (Phi) is 4.39. The number of hydrogen-bond donors (Lipinski definition) is 2. The van der Waals surface area contributed by atoms with E-state index in [4.69, 9.17) is 0 Å². The average molecular weight is 272 g/mol. The van der Waals surface area contributed by atoms with Crippen LogP contribution in [0, 0.1) is 5.82 Å². The molecular weight excluding hydrogens is 259 g/mol. The van der Waals surface area contributed by atoms with Crippen molar-refractivity contribution in [2.45, 2.75) is 0 Å². The number of anilines is 2. The molecule has 0 spiro atoms. The number of halogens is 1. The number of rotatable bonds is 5. The first-order chi connectivity index (χ1) is 9.70. The number of nitrogens with zero attached hydrogens (tertiary/aromatic N) is 2. The van der Waals surface area contributed by atoms with Gasteiger partial charge in [-0.2, -0.15) is 0 Å². The summed E-state index contributed by atoms with van der Waals surface area (Å²) in [6, 6.07) is 6.23. The van der Waals surface area contributed by atoms with E-state index in [1.54, 1.807) is 24.3 Å². The Morgan fingerprint density at radius 1 is 1.30 bits per heavy atom. The molecule has 0 aliphatic heterocycles. The van der Waals surface area contributed by atoms with E-state index in [0.29, 0.717) is 18.1 Å². The second-order valence-corrected chi connectivity index (χ2v) is 3.89. The molecule has 6 heteroatoms. The maximum absolute atomic E-state index is 13.4. The van der Waals surface area contributed by atoms with E-state index in [1.165, 1.54) is 18.5 Å². The molecule has 0 aliphatic carbocycles. The summed E-state index contributed by atoms with van der Waals surface area (Å²) < 4.78 is 13.4. The molecular formula is C14H13FN4O. The van der Waals surface area contributed by atoms with E-state index in [9.17, 15) is 9.18 Å². The fourth-order valence-electron chi connectivity index (χ4n) is 1.47. The minimum absolute atomic E-state index is 0.186. The molecule has 0 unspecified atom stereocenters. The quantitative estimate of drug-likeness (QED) is 0.819. The summed E-state index contributed by atoms with van der Waals surface area (Å²) in [4.78, 5) is 19.6. The number of hydrogen-bond acceptors (Lipinski definition) is 4. The van der Waals surface area contributed by atoms with Gasteiger partial charge in [-0.25, -0.2) is 14.4 Å². The van der Waals surface area contributed by atoms with Crippen LogP contribution in [0.2, 0.25) is 0 Å². The van der Waals surface area contributed by atoms with E-state index in [2.05, 4.69) is 27.2 Å². The molecule has 0 saturated heterocycles. The molecule has 2 N–H and O–H groups in total. The minimum atomic E-state index is -0.387. The molecule has 1 heterocycles.